The van der Waals surface area contributed by atoms with Crippen LogP contribution in [0.25, 0.3) is 0 Å². The first-order valence-corrected chi connectivity index (χ1v) is 14.6. The molecule has 2 heterocycles. The van der Waals surface area contributed by atoms with Crippen LogP contribution in [0.4, 0.5) is 5.69 Å². The minimum absolute atomic E-state index is 0.0259. The Hall–Kier alpha value is -3.04. The summed E-state index contributed by atoms with van der Waals surface area (Å²) in [6, 6.07) is 10.7. The van der Waals surface area contributed by atoms with Crippen LogP contribution in [0.2, 0.25) is 0 Å². The number of hydrogen-bond acceptors (Lipinski definition) is 9. The Balaban J connectivity index is 1.41. The van der Waals surface area contributed by atoms with Gasteiger partial charge in [-0.2, -0.15) is 4.72 Å². The van der Waals surface area contributed by atoms with Gasteiger partial charge in [-0.15, -0.1) is 0 Å². The average Bonchev–Trinajstić information content (AvgIpc) is 3.08. The summed E-state index contributed by atoms with van der Waals surface area (Å²) in [5.41, 5.74) is 2.38. The number of nitrogens with zero attached hydrogens (tertiary/aromatic N) is 3. The Morgan fingerprint density at radius 1 is 1.05 bits per heavy atom. The monoisotopic (exact) mass is 551 g/mol. The highest BCUT2D eigenvalue weighted by atomic mass is 32.2. The van der Waals surface area contributed by atoms with Gasteiger partial charge < -0.3 is 9.80 Å². The average molecular weight is 552 g/mol. The summed E-state index contributed by atoms with van der Waals surface area (Å²) in [5, 5.41) is 9.12. The molecular formula is C23H29N5O7S2. The van der Waals surface area contributed by atoms with Gasteiger partial charge in [-0.05, 0) is 56.3 Å². The first-order chi connectivity index (χ1) is 17.5. The lowest BCUT2D eigenvalue weighted by atomic mass is 10.1. The predicted octanol–water partition coefficient (Wildman–Crippen LogP) is 0.216. The molecule has 0 unspecified atom stereocenters. The van der Waals surface area contributed by atoms with Gasteiger partial charge in [0.2, 0.25) is 10.0 Å². The Labute approximate surface area is 215 Å². The SMILES string of the molecule is CN1CCN(c2ccc(S(=O)(=O)N[C@H](CCCN3C(=O)c4ccccc4S3(=O)=O)C(=O)NO)cc2)CC1. The number of carbonyl (C=O) groups is 2. The van der Waals surface area contributed by atoms with Crippen molar-refractivity contribution < 1.29 is 31.6 Å². The second kappa shape index (κ2) is 10.8. The fourth-order valence-electron chi connectivity index (χ4n) is 4.37. The van der Waals surface area contributed by atoms with Gasteiger partial charge in [-0.25, -0.2) is 26.6 Å². The number of carbonyl (C=O) groups excluding carboxylic acids is 2. The lowest BCUT2D eigenvalue weighted by Gasteiger charge is -2.34. The van der Waals surface area contributed by atoms with E-state index in [1.54, 1.807) is 18.2 Å². The highest BCUT2D eigenvalue weighted by molar-refractivity contribution is 7.90. The van der Waals surface area contributed by atoms with E-state index in [2.05, 4.69) is 14.5 Å². The molecule has 3 N–H and O–H groups in total. The van der Waals surface area contributed by atoms with Gasteiger partial charge in [-0.3, -0.25) is 14.8 Å². The summed E-state index contributed by atoms with van der Waals surface area (Å²) < 4.78 is 54.3. The molecule has 2 aliphatic rings. The van der Waals surface area contributed by atoms with Crippen molar-refractivity contribution in [1.82, 2.24) is 19.4 Å². The first-order valence-electron chi connectivity index (χ1n) is 11.7. The molecule has 1 saturated heterocycles. The van der Waals surface area contributed by atoms with E-state index in [4.69, 9.17) is 5.21 Å². The van der Waals surface area contributed by atoms with Crippen LogP contribution in [0.5, 0.6) is 0 Å². The van der Waals surface area contributed by atoms with Crippen LogP contribution in [0.15, 0.2) is 58.3 Å². The summed E-state index contributed by atoms with van der Waals surface area (Å²) in [6.45, 7) is 3.18. The van der Waals surface area contributed by atoms with Gasteiger partial charge >= 0.3 is 0 Å². The third kappa shape index (κ3) is 5.62. The van der Waals surface area contributed by atoms with Crippen LogP contribution in [-0.2, 0) is 24.8 Å². The number of likely N-dealkylation sites (N-methyl/N-ethyl adjacent to an activating group) is 1. The number of piperazine rings is 1. The van der Waals surface area contributed by atoms with E-state index >= 15 is 0 Å². The topological polar surface area (TPSA) is 156 Å². The summed E-state index contributed by atoms with van der Waals surface area (Å²) in [7, 11) is -6.13. The number of fused-ring (bicyclic) bond motifs is 1. The number of hydroxylamine groups is 1. The minimum atomic E-state index is -4.15. The quantitative estimate of drug-likeness (QED) is 0.293. The largest absolute Gasteiger partial charge is 0.369 e. The van der Waals surface area contributed by atoms with Crippen molar-refractivity contribution in [3.05, 3.63) is 54.1 Å². The number of amides is 2. The number of sulfonamides is 2. The van der Waals surface area contributed by atoms with Crippen LogP contribution in [0, 0.1) is 0 Å². The zero-order chi connectivity index (χ0) is 26.8. The Morgan fingerprint density at radius 3 is 2.32 bits per heavy atom. The van der Waals surface area contributed by atoms with E-state index in [-0.39, 0.29) is 34.7 Å². The highest BCUT2D eigenvalue weighted by Crippen LogP contribution is 2.30. The van der Waals surface area contributed by atoms with E-state index in [1.165, 1.54) is 35.8 Å². The fourth-order valence-corrected chi connectivity index (χ4v) is 7.21. The molecule has 0 spiro atoms. The van der Waals surface area contributed by atoms with Gasteiger partial charge in [0, 0.05) is 38.4 Å². The van der Waals surface area contributed by atoms with Crippen LogP contribution in [-0.4, -0.2) is 88.9 Å². The van der Waals surface area contributed by atoms with Crippen LogP contribution >= 0.6 is 0 Å². The van der Waals surface area contributed by atoms with Gasteiger partial charge in [0.05, 0.1) is 10.5 Å². The molecule has 0 bridgehead atoms. The summed E-state index contributed by atoms with van der Waals surface area (Å²) >= 11 is 0. The third-order valence-corrected chi connectivity index (χ3v) is 9.83. The number of benzene rings is 2. The maximum Gasteiger partial charge on any atom is 0.269 e. The summed E-state index contributed by atoms with van der Waals surface area (Å²) in [4.78, 5) is 29.0. The van der Waals surface area contributed by atoms with E-state index in [1.807, 2.05) is 7.05 Å². The second-order valence-electron chi connectivity index (χ2n) is 8.95. The molecule has 14 heteroatoms. The number of rotatable bonds is 9. The van der Waals surface area contributed by atoms with Gasteiger partial charge in [0.25, 0.3) is 21.8 Å². The molecule has 12 nitrogen and oxygen atoms in total. The molecule has 0 aromatic heterocycles. The first kappa shape index (κ1) is 27.0. The molecule has 1 atom stereocenters. The van der Waals surface area contributed by atoms with Gasteiger partial charge in [0.1, 0.15) is 10.9 Å². The van der Waals surface area contributed by atoms with Crippen molar-refractivity contribution in [2.75, 3.05) is 44.7 Å². The molecular weight excluding hydrogens is 522 g/mol. The number of anilines is 1. The van der Waals surface area contributed by atoms with Crippen molar-refractivity contribution in [2.45, 2.75) is 28.7 Å². The molecule has 0 radical (unpaired) electrons. The van der Waals surface area contributed by atoms with E-state index < -0.39 is 37.9 Å². The third-order valence-electron chi connectivity index (χ3n) is 6.51. The van der Waals surface area contributed by atoms with Crippen molar-refractivity contribution in [1.29, 1.82) is 0 Å². The van der Waals surface area contributed by atoms with E-state index in [0.29, 0.717) is 4.31 Å². The molecule has 2 aromatic rings. The Morgan fingerprint density at radius 2 is 1.70 bits per heavy atom. The molecule has 2 aromatic carbocycles. The van der Waals surface area contributed by atoms with E-state index in [0.717, 1.165) is 31.9 Å². The normalized spacial score (nSPS) is 18.5. The Bertz CT molecular complexity index is 1370. The molecule has 2 amide bonds. The zero-order valence-corrected chi connectivity index (χ0v) is 21.8. The molecule has 200 valence electrons. The van der Waals surface area contributed by atoms with Crippen molar-refractivity contribution in [2.24, 2.45) is 0 Å². The Kier molecular flexibility index (Phi) is 7.85. The standard InChI is InChI=1S/C23H29N5O7S2/c1-26-13-15-27(16-14-26)17-8-10-18(11-9-17)36(32,33)25-20(22(29)24-31)6-4-12-28-23(30)19-5-2-3-7-21(19)37(28,34)35/h2-3,5,7-11,20,25,31H,4,6,12-16H2,1H3,(H,24,29)/t20-/m1/s1. The van der Waals surface area contributed by atoms with E-state index in [9.17, 15) is 26.4 Å². The summed E-state index contributed by atoms with van der Waals surface area (Å²) in [6.07, 6.45) is -0.192. The predicted molar refractivity (Wildman–Crippen MR) is 134 cm³/mol. The molecule has 4 rings (SSSR count). The molecule has 0 saturated carbocycles. The summed E-state index contributed by atoms with van der Waals surface area (Å²) in [5.74, 6) is -1.68. The number of hydrogen-bond donors (Lipinski definition) is 3. The van der Waals surface area contributed by atoms with Gasteiger partial charge in [0.15, 0.2) is 0 Å². The molecule has 2 aliphatic heterocycles. The zero-order valence-electron chi connectivity index (χ0n) is 20.2. The lowest BCUT2D eigenvalue weighted by molar-refractivity contribution is -0.131. The van der Waals surface area contributed by atoms with Crippen molar-refractivity contribution >= 4 is 37.5 Å². The van der Waals surface area contributed by atoms with Crippen LogP contribution < -0.4 is 15.1 Å². The highest BCUT2D eigenvalue weighted by Gasteiger charge is 2.40. The van der Waals surface area contributed by atoms with Crippen molar-refractivity contribution in [3.63, 3.8) is 0 Å². The fraction of sp³-hybridized carbons (Fsp3) is 0.391. The second-order valence-corrected chi connectivity index (χ2v) is 12.5. The van der Waals surface area contributed by atoms with Crippen LogP contribution in [0.3, 0.4) is 0 Å². The maximum atomic E-state index is 13.0. The smallest absolute Gasteiger partial charge is 0.269 e. The maximum absolute atomic E-state index is 13.0. The number of nitrogens with one attached hydrogen (secondary N) is 2. The molecule has 0 aliphatic carbocycles. The molecule has 1 fully saturated rings. The van der Waals surface area contributed by atoms with Crippen molar-refractivity contribution in [3.8, 4) is 0 Å². The van der Waals surface area contributed by atoms with Gasteiger partial charge in [-0.1, -0.05) is 12.1 Å². The lowest BCUT2D eigenvalue weighted by Crippen LogP contribution is -2.46. The van der Waals surface area contributed by atoms with Crippen LogP contribution in [0.1, 0.15) is 23.2 Å². The minimum Gasteiger partial charge on any atom is -0.369 e. The molecule has 37 heavy (non-hydrogen) atoms.